The molecule has 1 N–H and O–H groups in total. The van der Waals surface area contributed by atoms with Crippen LogP contribution >= 0.6 is 0 Å². The van der Waals surface area contributed by atoms with E-state index in [0.717, 1.165) is 5.56 Å². The quantitative estimate of drug-likeness (QED) is 0.814. The molecule has 0 aliphatic heterocycles. The van der Waals surface area contributed by atoms with Gasteiger partial charge in [0.1, 0.15) is 11.9 Å². The van der Waals surface area contributed by atoms with Crippen LogP contribution in [-0.2, 0) is 0 Å². The van der Waals surface area contributed by atoms with E-state index in [0.29, 0.717) is 5.75 Å². The van der Waals surface area contributed by atoms with E-state index in [1.54, 1.807) is 19.1 Å². The summed E-state index contributed by atoms with van der Waals surface area (Å²) in [5.41, 5.74) is 0.854. The third-order valence-electron chi connectivity index (χ3n) is 2.00. The molecule has 0 spiro atoms. The van der Waals surface area contributed by atoms with E-state index >= 15 is 0 Å². The Labute approximate surface area is 81.1 Å². The molecular formula is C10H12F2O2. The molecule has 1 aromatic rings. The van der Waals surface area contributed by atoms with Gasteiger partial charge in [0, 0.05) is 5.56 Å². The zero-order chi connectivity index (χ0) is 10.7. The monoisotopic (exact) mass is 202 g/mol. The molecule has 0 amide bonds. The van der Waals surface area contributed by atoms with Crippen molar-refractivity contribution in [3.05, 3.63) is 29.3 Å². The topological polar surface area (TPSA) is 29.5 Å². The summed E-state index contributed by atoms with van der Waals surface area (Å²) in [5.74, 6) is 0.320. The zero-order valence-corrected chi connectivity index (χ0v) is 8.00. The second-order valence-electron chi connectivity index (χ2n) is 2.98. The molecule has 0 fully saturated rings. The number of hydrogen-bond acceptors (Lipinski definition) is 2. The summed E-state index contributed by atoms with van der Waals surface area (Å²) < 4.78 is 29.5. The highest BCUT2D eigenvalue weighted by Crippen LogP contribution is 2.31. The van der Waals surface area contributed by atoms with Crippen molar-refractivity contribution in [2.24, 2.45) is 0 Å². The maximum absolute atomic E-state index is 12.3. The molecule has 14 heavy (non-hydrogen) atoms. The number of aliphatic hydroxyl groups excluding tert-OH is 1. The fourth-order valence-electron chi connectivity index (χ4n) is 1.32. The normalized spacial score (nSPS) is 13.0. The number of benzene rings is 1. The molecule has 1 unspecified atom stereocenters. The lowest BCUT2D eigenvalue weighted by Crippen LogP contribution is -2.10. The average Bonchev–Trinajstić information content (AvgIpc) is 2.16. The molecule has 0 aliphatic carbocycles. The number of hydrogen-bond donors (Lipinski definition) is 1. The largest absolute Gasteiger partial charge is 0.496 e. The fraction of sp³-hybridized carbons (Fsp3) is 0.400. The molecule has 0 heterocycles. The van der Waals surface area contributed by atoms with Gasteiger partial charge in [0.2, 0.25) is 0 Å². The Balaban J connectivity index is 3.13. The van der Waals surface area contributed by atoms with Gasteiger partial charge in [-0.05, 0) is 12.5 Å². The highest BCUT2D eigenvalue weighted by molar-refractivity contribution is 5.42. The van der Waals surface area contributed by atoms with Crippen LogP contribution in [0.2, 0.25) is 0 Å². The van der Waals surface area contributed by atoms with Crippen molar-refractivity contribution < 1.29 is 18.6 Å². The Kier molecular flexibility index (Phi) is 3.41. The van der Waals surface area contributed by atoms with Gasteiger partial charge in [-0.1, -0.05) is 18.2 Å². The van der Waals surface area contributed by atoms with E-state index in [1.165, 1.54) is 13.2 Å². The lowest BCUT2D eigenvalue weighted by Gasteiger charge is -2.15. The van der Waals surface area contributed by atoms with Crippen LogP contribution in [0.1, 0.15) is 17.2 Å². The molecule has 1 aromatic carbocycles. The molecule has 0 aromatic heterocycles. The molecule has 0 saturated heterocycles. The Morgan fingerprint density at radius 3 is 2.50 bits per heavy atom. The molecule has 1 rings (SSSR count). The van der Waals surface area contributed by atoms with Crippen LogP contribution in [0.25, 0.3) is 0 Å². The first-order valence-electron chi connectivity index (χ1n) is 4.17. The number of ether oxygens (including phenoxy) is 1. The molecule has 2 nitrogen and oxygen atoms in total. The van der Waals surface area contributed by atoms with Crippen molar-refractivity contribution in [2.45, 2.75) is 19.5 Å². The van der Waals surface area contributed by atoms with Crippen molar-refractivity contribution in [1.29, 1.82) is 0 Å². The minimum absolute atomic E-state index is 0.127. The van der Waals surface area contributed by atoms with E-state index in [4.69, 9.17) is 4.74 Å². The minimum atomic E-state index is -2.80. The molecule has 0 aliphatic rings. The number of rotatable bonds is 3. The number of halogens is 2. The number of aryl methyl sites for hydroxylation is 1. The van der Waals surface area contributed by atoms with Gasteiger partial charge in [-0.25, -0.2) is 8.78 Å². The summed E-state index contributed by atoms with van der Waals surface area (Å²) in [6.45, 7) is 1.74. The minimum Gasteiger partial charge on any atom is -0.496 e. The van der Waals surface area contributed by atoms with Crippen LogP contribution in [0.5, 0.6) is 5.75 Å². The third-order valence-corrected chi connectivity index (χ3v) is 2.00. The van der Waals surface area contributed by atoms with Crippen molar-refractivity contribution in [1.82, 2.24) is 0 Å². The van der Waals surface area contributed by atoms with E-state index in [-0.39, 0.29) is 5.56 Å². The van der Waals surface area contributed by atoms with Gasteiger partial charge in [-0.15, -0.1) is 0 Å². The lowest BCUT2D eigenvalue weighted by molar-refractivity contribution is -0.00702. The van der Waals surface area contributed by atoms with Crippen LogP contribution in [0.15, 0.2) is 18.2 Å². The highest BCUT2D eigenvalue weighted by Gasteiger charge is 2.23. The van der Waals surface area contributed by atoms with Crippen molar-refractivity contribution >= 4 is 0 Å². The number of alkyl halides is 2. The van der Waals surface area contributed by atoms with Crippen molar-refractivity contribution in [3.8, 4) is 5.75 Å². The van der Waals surface area contributed by atoms with Gasteiger partial charge in [0.25, 0.3) is 6.43 Å². The molecule has 78 valence electrons. The predicted octanol–water partition coefficient (Wildman–Crippen LogP) is 2.30. The Bertz CT molecular complexity index is 313. The molecule has 0 radical (unpaired) electrons. The SMILES string of the molecule is COc1c(C)cccc1C(O)C(F)F. The van der Waals surface area contributed by atoms with Crippen LogP contribution in [0, 0.1) is 6.92 Å². The Morgan fingerprint density at radius 2 is 2.00 bits per heavy atom. The molecular weight excluding hydrogens is 190 g/mol. The maximum Gasteiger partial charge on any atom is 0.268 e. The van der Waals surface area contributed by atoms with Crippen molar-refractivity contribution in [3.63, 3.8) is 0 Å². The second-order valence-corrected chi connectivity index (χ2v) is 2.98. The molecule has 1 atom stereocenters. The van der Waals surface area contributed by atoms with E-state index in [1.807, 2.05) is 0 Å². The van der Waals surface area contributed by atoms with Gasteiger partial charge in [0.05, 0.1) is 7.11 Å². The number of para-hydroxylation sites is 1. The first-order chi connectivity index (χ1) is 6.57. The predicted molar refractivity (Wildman–Crippen MR) is 48.7 cm³/mol. The van der Waals surface area contributed by atoms with Gasteiger partial charge in [0.15, 0.2) is 0 Å². The Morgan fingerprint density at radius 1 is 1.36 bits per heavy atom. The van der Waals surface area contributed by atoms with Crippen LogP contribution in [0.3, 0.4) is 0 Å². The van der Waals surface area contributed by atoms with Gasteiger partial charge >= 0.3 is 0 Å². The van der Waals surface area contributed by atoms with Crippen LogP contribution in [0.4, 0.5) is 8.78 Å². The second kappa shape index (κ2) is 4.37. The van der Waals surface area contributed by atoms with Gasteiger partial charge in [-0.2, -0.15) is 0 Å². The fourth-order valence-corrected chi connectivity index (χ4v) is 1.32. The standard InChI is InChI=1S/C10H12F2O2/c1-6-4-3-5-7(9(6)14-2)8(13)10(11)12/h3-5,8,10,13H,1-2H3. The van der Waals surface area contributed by atoms with Gasteiger partial charge < -0.3 is 9.84 Å². The number of methoxy groups -OCH3 is 1. The summed E-state index contributed by atoms with van der Waals surface area (Å²) in [6, 6.07) is 4.78. The smallest absolute Gasteiger partial charge is 0.268 e. The molecule has 4 heteroatoms. The highest BCUT2D eigenvalue weighted by atomic mass is 19.3. The summed E-state index contributed by atoms with van der Waals surface area (Å²) in [5, 5.41) is 9.20. The summed E-state index contributed by atoms with van der Waals surface area (Å²) >= 11 is 0. The van der Waals surface area contributed by atoms with E-state index in [2.05, 4.69) is 0 Å². The third kappa shape index (κ3) is 2.01. The molecule has 0 saturated carbocycles. The zero-order valence-electron chi connectivity index (χ0n) is 8.00. The van der Waals surface area contributed by atoms with Crippen LogP contribution < -0.4 is 4.74 Å². The summed E-state index contributed by atoms with van der Waals surface area (Å²) in [6.07, 6.45) is -4.59. The molecule has 0 bridgehead atoms. The Hall–Kier alpha value is -1.16. The van der Waals surface area contributed by atoms with E-state index in [9.17, 15) is 13.9 Å². The van der Waals surface area contributed by atoms with Gasteiger partial charge in [-0.3, -0.25) is 0 Å². The average molecular weight is 202 g/mol. The van der Waals surface area contributed by atoms with E-state index < -0.39 is 12.5 Å². The first-order valence-corrected chi connectivity index (χ1v) is 4.17. The maximum atomic E-state index is 12.3. The summed E-state index contributed by atoms with van der Waals surface area (Å²) in [4.78, 5) is 0. The summed E-state index contributed by atoms with van der Waals surface area (Å²) in [7, 11) is 1.39. The lowest BCUT2D eigenvalue weighted by atomic mass is 10.1. The first kappa shape index (κ1) is 10.9. The van der Waals surface area contributed by atoms with Crippen LogP contribution in [-0.4, -0.2) is 18.6 Å². The number of aliphatic hydroxyl groups is 1. The van der Waals surface area contributed by atoms with Crippen molar-refractivity contribution in [2.75, 3.05) is 7.11 Å².